The summed E-state index contributed by atoms with van der Waals surface area (Å²) in [5, 5.41) is 0. The Bertz CT molecular complexity index is 698. The quantitative estimate of drug-likeness (QED) is 0.752. The van der Waals surface area contributed by atoms with Crippen LogP contribution in [-0.2, 0) is 12.7 Å². The summed E-state index contributed by atoms with van der Waals surface area (Å²) >= 11 is 6.13. The molecule has 0 unspecified atom stereocenters. The molecule has 0 fully saturated rings. The first kappa shape index (κ1) is 15.2. The van der Waals surface area contributed by atoms with Crippen molar-refractivity contribution in [2.24, 2.45) is 0 Å². The number of alkyl halides is 3. The smallest absolute Gasteiger partial charge is 0.306 e. The second-order valence-corrected chi connectivity index (χ2v) is 5.55. The SMILES string of the molecule is O=c1c(Br)nc(Br)cn1Cc1cccc(C(F)(F)F)c1. The number of halogens is 5. The molecule has 1 heterocycles. The number of benzene rings is 1. The molecule has 0 saturated heterocycles. The summed E-state index contributed by atoms with van der Waals surface area (Å²) in [4.78, 5) is 15.7. The molecule has 0 aliphatic carbocycles. The molecule has 1 aromatic heterocycles. The minimum absolute atomic E-state index is 0.0302. The summed E-state index contributed by atoms with van der Waals surface area (Å²) in [6.45, 7) is 0.0302. The molecular weight excluding hydrogens is 405 g/mol. The molecule has 2 rings (SSSR count). The summed E-state index contributed by atoms with van der Waals surface area (Å²) in [6.07, 6.45) is -2.98. The van der Waals surface area contributed by atoms with Crippen LogP contribution >= 0.6 is 31.9 Å². The summed E-state index contributed by atoms with van der Waals surface area (Å²) in [6, 6.07) is 4.86. The highest BCUT2D eigenvalue weighted by molar-refractivity contribution is 9.11. The molecule has 3 nitrogen and oxygen atoms in total. The van der Waals surface area contributed by atoms with Crippen LogP contribution in [0.3, 0.4) is 0 Å². The Morgan fingerprint density at radius 2 is 1.95 bits per heavy atom. The number of hydrogen-bond donors (Lipinski definition) is 0. The van der Waals surface area contributed by atoms with Gasteiger partial charge in [0.25, 0.3) is 5.56 Å². The van der Waals surface area contributed by atoms with Crippen LogP contribution in [0, 0.1) is 0 Å². The van der Waals surface area contributed by atoms with E-state index in [1.54, 1.807) is 0 Å². The van der Waals surface area contributed by atoms with Crippen LogP contribution < -0.4 is 5.56 Å². The summed E-state index contributed by atoms with van der Waals surface area (Å²) < 4.78 is 39.6. The lowest BCUT2D eigenvalue weighted by molar-refractivity contribution is -0.137. The van der Waals surface area contributed by atoms with Crippen molar-refractivity contribution in [3.63, 3.8) is 0 Å². The van der Waals surface area contributed by atoms with Crippen LogP contribution in [0.1, 0.15) is 11.1 Å². The number of hydrogen-bond acceptors (Lipinski definition) is 2. The maximum atomic E-state index is 12.6. The predicted octanol–water partition coefficient (Wildman–Crippen LogP) is 3.84. The van der Waals surface area contributed by atoms with E-state index in [1.165, 1.54) is 22.9 Å². The standard InChI is InChI=1S/C12H7Br2F3N2O/c13-9-6-19(11(20)10(14)18-9)5-7-2-1-3-8(4-7)12(15,16)17/h1-4,6H,5H2. The Morgan fingerprint density at radius 3 is 2.60 bits per heavy atom. The van der Waals surface area contributed by atoms with Gasteiger partial charge in [0.2, 0.25) is 0 Å². The fourth-order valence-electron chi connectivity index (χ4n) is 1.64. The van der Waals surface area contributed by atoms with Gasteiger partial charge in [-0.1, -0.05) is 12.1 Å². The van der Waals surface area contributed by atoms with E-state index in [0.29, 0.717) is 10.2 Å². The first-order valence-electron chi connectivity index (χ1n) is 5.36. The Labute approximate surface area is 128 Å². The average molecular weight is 412 g/mol. The second kappa shape index (κ2) is 5.69. The van der Waals surface area contributed by atoms with E-state index in [0.717, 1.165) is 12.1 Å². The maximum Gasteiger partial charge on any atom is 0.416 e. The van der Waals surface area contributed by atoms with E-state index in [9.17, 15) is 18.0 Å². The molecule has 1 aromatic carbocycles. The third kappa shape index (κ3) is 3.49. The maximum absolute atomic E-state index is 12.6. The molecule has 8 heteroatoms. The molecular formula is C12H7Br2F3N2O. The molecule has 0 aliphatic rings. The van der Waals surface area contributed by atoms with Gasteiger partial charge in [0, 0.05) is 6.20 Å². The zero-order chi connectivity index (χ0) is 14.9. The van der Waals surface area contributed by atoms with E-state index in [1.807, 2.05) is 0 Å². The van der Waals surface area contributed by atoms with Crippen LogP contribution in [0.5, 0.6) is 0 Å². The fourth-order valence-corrected chi connectivity index (χ4v) is 2.72. The fraction of sp³-hybridized carbons (Fsp3) is 0.167. The third-order valence-electron chi connectivity index (χ3n) is 2.51. The zero-order valence-electron chi connectivity index (χ0n) is 9.79. The third-order valence-corrected chi connectivity index (χ3v) is 3.41. The molecule has 0 amide bonds. The molecule has 0 aliphatic heterocycles. The van der Waals surface area contributed by atoms with Crippen LogP contribution in [0.4, 0.5) is 13.2 Å². The van der Waals surface area contributed by atoms with Crippen molar-refractivity contribution in [1.29, 1.82) is 0 Å². The first-order valence-corrected chi connectivity index (χ1v) is 6.94. The molecule has 106 valence electrons. The van der Waals surface area contributed by atoms with Crippen molar-refractivity contribution in [3.8, 4) is 0 Å². The molecule has 20 heavy (non-hydrogen) atoms. The molecule has 0 atom stereocenters. The lowest BCUT2D eigenvalue weighted by Crippen LogP contribution is -2.22. The highest BCUT2D eigenvalue weighted by Crippen LogP contribution is 2.29. The van der Waals surface area contributed by atoms with Crippen molar-refractivity contribution in [1.82, 2.24) is 9.55 Å². The first-order chi connectivity index (χ1) is 9.27. The lowest BCUT2D eigenvalue weighted by atomic mass is 10.1. The van der Waals surface area contributed by atoms with Crippen LogP contribution in [-0.4, -0.2) is 9.55 Å². The highest BCUT2D eigenvalue weighted by Gasteiger charge is 2.30. The Kier molecular flexibility index (Phi) is 4.33. The van der Waals surface area contributed by atoms with Gasteiger partial charge in [0.1, 0.15) is 4.60 Å². The van der Waals surface area contributed by atoms with E-state index in [2.05, 4.69) is 36.8 Å². The Hall–Kier alpha value is -1.15. The molecule has 0 bridgehead atoms. The number of rotatable bonds is 2. The van der Waals surface area contributed by atoms with Crippen molar-refractivity contribution < 1.29 is 13.2 Å². The zero-order valence-corrected chi connectivity index (χ0v) is 13.0. The summed E-state index contributed by atoms with van der Waals surface area (Å²) in [5.74, 6) is 0. The molecule has 0 spiro atoms. The van der Waals surface area contributed by atoms with E-state index < -0.39 is 17.3 Å². The van der Waals surface area contributed by atoms with Crippen molar-refractivity contribution in [2.45, 2.75) is 12.7 Å². The molecule has 2 aromatic rings. The molecule has 0 saturated carbocycles. The summed E-state index contributed by atoms with van der Waals surface area (Å²) in [7, 11) is 0. The van der Waals surface area contributed by atoms with Crippen LogP contribution in [0.2, 0.25) is 0 Å². The minimum atomic E-state index is -4.40. The molecule has 0 radical (unpaired) electrons. The number of aromatic nitrogens is 2. The Balaban J connectivity index is 2.39. The number of nitrogens with zero attached hydrogens (tertiary/aromatic N) is 2. The largest absolute Gasteiger partial charge is 0.416 e. The van der Waals surface area contributed by atoms with Gasteiger partial charge in [-0.05, 0) is 49.6 Å². The van der Waals surface area contributed by atoms with E-state index >= 15 is 0 Å². The molecule has 0 N–H and O–H groups in total. The van der Waals surface area contributed by atoms with Gasteiger partial charge in [0.05, 0.1) is 12.1 Å². The van der Waals surface area contributed by atoms with Crippen molar-refractivity contribution in [3.05, 3.63) is 61.1 Å². The topological polar surface area (TPSA) is 34.9 Å². The Morgan fingerprint density at radius 1 is 1.25 bits per heavy atom. The van der Waals surface area contributed by atoms with Gasteiger partial charge in [-0.25, -0.2) is 4.98 Å². The van der Waals surface area contributed by atoms with Gasteiger partial charge < -0.3 is 4.57 Å². The van der Waals surface area contributed by atoms with Gasteiger partial charge in [-0.3, -0.25) is 4.79 Å². The van der Waals surface area contributed by atoms with Gasteiger partial charge in [0.15, 0.2) is 4.60 Å². The van der Waals surface area contributed by atoms with E-state index in [4.69, 9.17) is 0 Å². The monoisotopic (exact) mass is 410 g/mol. The van der Waals surface area contributed by atoms with Crippen molar-refractivity contribution >= 4 is 31.9 Å². The lowest BCUT2D eigenvalue weighted by Gasteiger charge is -2.10. The minimum Gasteiger partial charge on any atom is -0.306 e. The van der Waals surface area contributed by atoms with Gasteiger partial charge in [-0.2, -0.15) is 13.2 Å². The average Bonchev–Trinajstić information content (AvgIpc) is 2.35. The van der Waals surface area contributed by atoms with Gasteiger partial charge >= 0.3 is 6.18 Å². The van der Waals surface area contributed by atoms with Crippen LogP contribution in [0.15, 0.2) is 44.5 Å². The predicted molar refractivity (Wildman–Crippen MR) is 74.4 cm³/mol. The summed E-state index contributed by atoms with van der Waals surface area (Å²) in [5.41, 5.74) is -0.771. The van der Waals surface area contributed by atoms with Gasteiger partial charge in [-0.15, -0.1) is 0 Å². The normalized spacial score (nSPS) is 11.7. The van der Waals surface area contributed by atoms with Crippen LogP contribution in [0.25, 0.3) is 0 Å². The highest BCUT2D eigenvalue weighted by atomic mass is 79.9. The second-order valence-electron chi connectivity index (χ2n) is 3.99. The van der Waals surface area contributed by atoms with Crippen molar-refractivity contribution in [2.75, 3.05) is 0 Å². The van der Waals surface area contributed by atoms with E-state index in [-0.39, 0.29) is 11.1 Å².